The smallest absolute Gasteiger partial charge is 0.334 e. The number of amides is 1. The normalized spacial score (nSPS) is 15.3. The van der Waals surface area contributed by atoms with Gasteiger partial charge >= 0.3 is 5.97 Å². The van der Waals surface area contributed by atoms with E-state index in [2.05, 4.69) is 5.32 Å². The van der Waals surface area contributed by atoms with E-state index in [0.717, 1.165) is 5.56 Å². The highest BCUT2D eigenvalue weighted by Crippen LogP contribution is 2.18. The van der Waals surface area contributed by atoms with Crippen LogP contribution in [0.2, 0.25) is 0 Å². The Morgan fingerprint density at radius 1 is 1.32 bits per heavy atom. The summed E-state index contributed by atoms with van der Waals surface area (Å²) in [6, 6.07) is 8.66. The van der Waals surface area contributed by atoms with Crippen molar-refractivity contribution in [3.05, 3.63) is 35.9 Å². The third-order valence-electron chi connectivity index (χ3n) is 2.89. The van der Waals surface area contributed by atoms with E-state index >= 15 is 0 Å². The first-order chi connectivity index (χ1) is 8.93. The van der Waals surface area contributed by atoms with Crippen LogP contribution in [0.1, 0.15) is 18.5 Å². The first kappa shape index (κ1) is 15.1. The molecule has 0 bridgehead atoms. The third-order valence-corrected chi connectivity index (χ3v) is 2.89. The highest BCUT2D eigenvalue weighted by Gasteiger charge is 2.23. The molecule has 0 radical (unpaired) electrons. The number of carbonyl (C=O) groups is 2. The number of aliphatic carboxylic acids is 1. The molecular formula is C13H18N2O4. The van der Waals surface area contributed by atoms with Crippen LogP contribution in [-0.4, -0.2) is 34.7 Å². The molecule has 6 nitrogen and oxygen atoms in total. The molecule has 0 saturated carbocycles. The lowest BCUT2D eigenvalue weighted by Gasteiger charge is -2.20. The van der Waals surface area contributed by atoms with Crippen LogP contribution in [0.4, 0.5) is 0 Å². The van der Waals surface area contributed by atoms with Crippen molar-refractivity contribution in [2.45, 2.75) is 19.1 Å². The van der Waals surface area contributed by atoms with Gasteiger partial charge in [0.1, 0.15) is 0 Å². The number of aliphatic hydroxyl groups is 1. The lowest BCUT2D eigenvalue weighted by Crippen LogP contribution is -2.41. The predicted octanol–water partition coefficient (Wildman–Crippen LogP) is -0.116. The lowest BCUT2D eigenvalue weighted by atomic mass is 9.94. The zero-order chi connectivity index (χ0) is 14.4. The first-order valence-corrected chi connectivity index (χ1v) is 5.92. The van der Waals surface area contributed by atoms with Gasteiger partial charge in [0.05, 0.1) is 12.5 Å². The second kappa shape index (κ2) is 6.86. The molecule has 0 heterocycles. The molecule has 0 aliphatic carbocycles. The maximum atomic E-state index is 11.8. The molecule has 0 aromatic heterocycles. The number of hydrogen-bond acceptors (Lipinski definition) is 4. The van der Waals surface area contributed by atoms with Gasteiger partial charge in [-0.25, -0.2) is 4.79 Å². The number of benzene rings is 1. The Bertz CT molecular complexity index is 436. The molecule has 1 rings (SSSR count). The largest absolute Gasteiger partial charge is 0.479 e. The monoisotopic (exact) mass is 266 g/mol. The summed E-state index contributed by atoms with van der Waals surface area (Å²) in [5.41, 5.74) is 6.79. The Kier molecular flexibility index (Phi) is 5.47. The van der Waals surface area contributed by atoms with E-state index in [1.54, 1.807) is 6.92 Å². The third kappa shape index (κ3) is 4.35. The van der Waals surface area contributed by atoms with Crippen molar-refractivity contribution in [3.8, 4) is 0 Å². The van der Waals surface area contributed by atoms with E-state index < -0.39 is 29.9 Å². The Hall–Kier alpha value is -1.92. The van der Waals surface area contributed by atoms with Gasteiger partial charge < -0.3 is 21.3 Å². The molecule has 0 spiro atoms. The lowest BCUT2D eigenvalue weighted by molar-refractivity contribution is -0.146. The highest BCUT2D eigenvalue weighted by atomic mass is 16.4. The quantitative estimate of drug-likeness (QED) is 0.573. The van der Waals surface area contributed by atoms with E-state index in [-0.39, 0.29) is 6.54 Å². The number of nitrogens with two attached hydrogens (primary N) is 1. The van der Waals surface area contributed by atoms with Gasteiger partial charge in [-0.05, 0) is 5.56 Å². The molecule has 2 unspecified atom stereocenters. The molecule has 0 saturated heterocycles. The van der Waals surface area contributed by atoms with Crippen LogP contribution in [0, 0.1) is 5.92 Å². The molecule has 1 aromatic rings. The van der Waals surface area contributed by atoms with Gasteiger partial charge in [0, 0.05) is 6.04 Å². The van der Waals surface area contributed by atoms with Crippen LogP contribution >= 0.6 is 0 Å². The standard InChI is InChI=1S/C13H18N2O4/c1-8(11(14)9-5-3-2-4-6-9)12(17)15-7-10(16)13(18)19/h2-6,8,10-11,16H,7,14H2,1H3,(H,15,17)(H,18,19)/t8?,10-,11?/m0/s1. The van der Waals surface area contributed by atoms with Crippen molar-refractivity contribution < 1.29 is 19.8 Å². The summed E-state index contributed by atoms with van der Waals surface area (Å²) in [7, 11) is 0. The Morgan fingerprint density at radius 2 is 1.89 bits per heavy atom. The molecule has 0 aliphatic heterocycles. The number of carbonyl (C=O) groups excluding carboxylic acids is 1. The number of carboxylic acid groups (broad SMARTS) is 1. The molecule has 3 atom stereocenters. The molecule has 5 N–H and O–H groups in total. The van der Waals surface area contributed by atoms with Gasteiger partial charge in [-0.15, -0.1) is 0 Å². The summed E-state index contributed by atoms with van der Waals surface area (Å²) >= 11 is 0. The van der Waals surface area contributed by atoms with Gasteiger partial charge in [0.25, 0.3) is 0 Å². The molecule has 19 heavy (non-hydrogen) atoms. The molecule has 1 aromatic carbocycles. The van der Waals surface area contributed by atoms with Gasteiger partial charge in [-0.3, -0.25) is 4.79 Å². The molecular weight excluding hydrogens is 248 g/mol. The summed E-state index contributed by atoms with van der Waals surface area (Å²) in [5.74, 6) is -2.29. The van der Waals surface area contributed by atoms with Crippen molar-refractivity contribution in [2.75, 3.05) is 6.54 Å². The number of aliphatic hydroxyl groups excluding tert-OH is 1. The Labute approximate surface area is 111 Å². The van der Waals surface area contributed by atoms with E-state index in [0.29, 0.717) is 0 Å². The average molecular weight is 266 g/mol. The minimum Gasteiger partial charge on any atom is -0.479 e. The maximum Gasteiger partial charge on any atom is 0.334 e. The molecule has 0 aliphatic rings. The summed E-state index contributed by atoms with van der Waals surface area (Å²) < 4.78 is 0. The number of rotatable bonds is 6. The van der Waals surface area contributed by atoms with Crippen LogP contribution in [-0.2, 0) is 9.59 Å². The Morgan fingerprint density at radius 3 is 2.42 bits per heavy atom. The van der Waals surface area contributed by atoms with Crippen LogP contribution in [0.3, 0.4) is 0 Å². The fourth-order valence-corrected chi connectivity index (χ4v) is 1.57. The minimum absolute atomic E-state index is 0.333. The van der Waals surface area contributed by atoms with Gasteiger partial charge in [-0.2, -0.15) is 0 Å². The van der Waals surface area contributed by atoms with Crippen LogP contribution in [0.25, 0.3) is 0 Å². The highest BCUT2D eigenvalue weighted by molar-refractivity contribution is 5.80. The average Bonchev–Trinajstić information content (AvgIpc) is 2.43. The number of nitrogens with one attached hydrogen (secondary N) is 1. The van der Waals surface area contributed by atoms with Gasteiger partial charge in [0.2, 0.25) is 5.91 Å². The summed E-state index contributed by atoms with van der Waals surface area (Å²) in [6.45, 7) is 1.32. The zero-order valence-corrected chi connectivity index (χ0v) is 10.6. The zero-order valence-electron chi connectivity index (χ0n) is 10.6. The van der Waals surface area contributed by atoms with Crippen molar-refractivity contribution in [2.24, 2.45) is 11.7 Å². The van der Waals surface area contributed by atoms with Crippen molar-refractivity contribution in [3.63, 3.8) is 0 Å². The number of carboxylic acids is 1. The molecule has 104 valence electrons. The van der Waals surface area contributed by atoms with Crippen molar-refractivity contribution in [1.29, 1.82) is 0 Å². The summed E-state index contributed by atoms with van der Waals surface area (Å²) in [5, 5.41) is 19.9. The second-order valence-electron chi connectivity index (χ2n) is 4.32. The summed E-state index contributed by atoms with van der Waals surface area (Å²) in [4.78, 5) is 22.2. The van der Waals surface area contributed by atoms with Crippen molar-refractivity contribution >= 4 is 11.9 Å². The number of hydrogen-bond donors (Lipinski definition) is 4. The van der Waals surface area contributed by atoms with E-state index in [1.165, 1.54) is 0 Å². The minimum atomic E-state index is -1.61. The van der Waals surface area contributed by atoms with Gasteiger partial charge in [-0.1, -0.05) is 37.3 Å². The topological polar surface area (TPSA) is 113 Å². The van der Waals surface area contributed by atoms with Crippen LogP contribution in [0.15, 0.2) is 30.3 Å². The fourth-order valence-electron chi connectivity index (χ4n) is 1.57. The van der Waals surface area contributed by atoms with E-state index in [9.17, 15) is 9.59 Å². The van der Waals surface area contributed by atoms with Gasteiger partial charge in [0.15, 0.2) is 6.10 Å². The molecule has 0 fully saturated rings. The first-order valence-electron chi connectivity index (χ1n) is 5.92. The van der Waals surface area contributed by atoms with Crippen LogP contribution < -0.4 is 11.1 Å². The van der Waals surface area contributed by atoms with E-state index in [4.69, 9.17) is 15.9 Å². The van der Waals surface area contributed by atoms with Crippen LogP contribution in [0.5, 0.6) is 0 Å². The molecule has 1 amide bonds. The SMILES string of the molecule is CC(C(=O)NC[C@H](O)C(=O)O)C(N)c1ccccc1. The predicted molar refractivity (Wildman–Crippen MR) is 69.2 cm³/mol. The fraction of sp³-hybridized carbons (Fsp3) is 0.385. The Balaban J connectivity index is 2.55. The maximum absolute atomic E-state index is 11.8. The van der Waals surface area contributed by atoms with E-state index in [1.807, 2.05) is 30.3 Å². The molecule has 6 heteroatoms. The van der Waals surface area contributed by atoms with Crippen molar-refractivity contribution in [1.82, 2.24) is 5.32 Å². The second-order valence-corrected chi connectivity index (χ2v) is 4.32. The summed E-state index contributed by atoms with van der Waals surface area (Å²) in [6.07, 6.45) is -1.61.